The van der Waals surface area contributed by atoms with E-state index in [0.717, 1.165) is 19.3 Å². The molecule has 6 nitrogen and oxygen atoms in total. The minimum Gasteiger partial charge on any atom is -0.409 e. The van der Waals surface area contributed by atoms with Crippen molar-refractivity contribution in [2.45, 2.75) is 25.3 Å². The van der Waals surface area contributed by atoms with Gasteiger partial charge in [-0.25, -0.2) is 0 Å². The summed E-state index contributed by atoms with van der Waals surface area (Å²) in [4.78, 5) is 11.3. The van der Waals surface area contributed by atoms with Crippen LogP contribution in [0.2, 0.25) is 0 Å². The lowest BCUT2D eigenvalue weighted by Gasteiger charge is -2.19. The second-order valence-corrected chi connectivity index (χ2v) is 3.67. The van der Waals surface area contributed by atoms with Gasteiger partial charge in [0.25, 0.3) is 0 Å². The SMILES string of the molecule is COCC(=O)NC1CCCC1C(N)=NO. The Hall–Kier alpha value is -1.30. The standard InChI is InChI=1S/C9H17N3O3/c1-15-5-8(13)11-7-4-2-3-6(7)9(10)12-14/h6-7,14H,2-5H2,1H3,(H2,10,12)(H,11,13). The molecule has 1 rings (SSSR count). The molecule has 0 heterocycles. The van der Waals surface area contributed by atoms with E-state index in [-0.39, 0.29) is 30.3 Å². The predicted molar refractivity (Wildman–Crippen MR) is 54.6 cm³/mol. The van der Waals surface area contributed by atoms with Crippen LogP contribution in [0.3, 0.4) is 0 Å². The van der Waals surface area contributed by atoms with Crippen LogP contribution in [0.5, 0.6) is 0 Å². The first-order valence-electron chi connectivity index (χ1n) is 4.94. The molecule has 86 valence electrons. The van der Waals surface area contributed by atoms with Gasteiger partial charge in [-0.05, 0) is 12.8 Å². The maximum Gasteiger partial charge on any atom is 0.246 e. The molecular weight excluding hydrogens is 198 g/mol. The topological polar surface area (TPSA) is 96.9 Å². The summed E-state index contributed by atoms with van der Waals surface area (Å²) < 4.78 is 4.71. The first-order chi connectivity index (χ1) is 7.19. The molecule has 2 atom stereocenters. The largest absolute Gasteiger partial charge is 0.409 e. The van der Waals surface area contributed by atoms with Gasteiger partial charge >= 0.3 is 0 Å². The van der Waals surface area contributed by atoms with Gasteiger partial charge in [0.15, 0.2) is 0 Å². The summed E-state index contributed by atoms with van der Waals surface area (Å²) in [7, 11) is 1.47. The van der Waals surface area contributed by atoms with E-state index in [0.29, 0.717) is 0 Å². The molecule has 0 saturated heterocycles. The molecule has 1 aliphatic rings. The number of carbonyl (C=O) groups is 1. The van der Waals surface area contributed by atoms with Crippen molar-refractivity contribution in [1.82, 2.24) is 5.32 Å². The van der Waals surface area contributed by atoms with Crippen LogP contribution >= 0.6 is 0 Å². The fourth-order valence-corrected chi connectivity index (χ4v) is 1.94. The van der Waals surface area contributed by atoms with Crippen molar-refractivity contribution >= 4 is 11.7 Å². The lowest BCUT2D eigenvalue weighted by molar-refractivity contribution is -0.125. The third-order valence-electron chi connectivity index (χ3n) is 2.63. The minimum absolute atomic E-state index is 0.0384. The van der Waals surface area contributed by atoms with E-state index in [1.165, 1.54) is 7.11 Å². The number of hydrogen-bond donors (Lipinski definition) is 3. The molecule has 0 aromatic heterocycles. The van der Waals surface area contributed by atoms with Crippen molar-refractivity contribution in [3.63, 3.8) is 0 Å². The molecule has 0 aromatic rings. The number of nitrogens with zero attached hydrogens (tertiary/aromatic N) is 1. The summed E-state index contributed by atoms with van der Waals surface area (Å²) in [5.41, 5.74) is 5.54. The third kappa shape index (κ3) is 3.09. The van der Waals surface area contributed by atoms with Crippen molar-refractivity contribution in [3.8, 4) is 0 Å². The lowest BCUT2D eigenvalue weighted by atomic mass is 10.0. The number of amidine groups is 1. The van der Waals surface area contributed by atoms with Gasteiger partial charge in [-0.3, -0.25) is 4.79 Å². The van der Waals surface area contributed by atoms with E-state index in [1.54, 1.807) is 0 Å². The molecule has 0 aromatic carbocycles. The molecule has 0 radical (unpaired) electrons. The second kappa shape index (κ2) is 5.55. The summed E-state index contributed by atoms with van der Waals surface area (Å²) in [6, 6.07) is -0.0384. The number of amides is 1. The van der Waals surface area contributed by atoms with E-state index < -0.39 is 0 Å². The average Bonchev–Trinajstić information content (AvgIpc) is 2.65. The summed E-state index contributed by atoms with van der Waals surface area (Å²) in [5, 5.41) is 14.4. The zero-order chi connectivity index (χ0) is 11.3. The van der Waals surface area contributed by atoms with Crippen LogP contribution in [0.15, 0.2) is 5.16 Å². The van der Waals surface area contributed by atoms with Crippen molar-refractivity contribution in [2.75, 3.05) is 13.7 Å². The van der Waals surface area contributed by atoms with Crippen LogP contribution in [0.25, 0.3) is 0 Å². The highest BCUT2D eigenvalue weighted by molar-refractivity contribution is 5.84. The summed E-state index contributed by atoms with van der Waals surface area (Å²) in [6.07, 6.45) is 2.67. The van der Waals surface area contributed by atoms with Gasteiger partial charge in [0.1, 0.15) is 12.4 Å². The monoisotopic (exact) mass is 215 g/mol. The van der Waals surface area contributed by atoms with Crippen LogP contribution in [0.4, 0.5) is 0 Å². The number of carbonyl (C=O) groups excluding carboxylic acids is 1. The van der Waals surface area contributed by atoms with Crippen LogP contribution in [0, 0.1) is 5.92 Å². The summed E-state index contributed by atoms with van der Waals surface area (Å²) >= 11 is 0. The Morgan fingerprint density at radius 1 is 1.67 bits per heavy atom. The Kier molecular flexibility index (Phi) is 4.36. The Labute approximate surface area is 88.5 Å². The average molecular weight is 215 g/mol. The summed E-state index contributed by atoms with van der Waals surface area (Å²) in [5.74, 6) is -0.0360. The Bertz CT molecular complexity index is 255. The first kappa shape index (κ1) is 11.8. The lowest BCUT2D eigenvalue weighted by Crippen LogP contribution is -2.43. The van der Waals surface area contributed by atoms with Gasteiger partial charge in [-0.2, -0.15) is 0 Å². The zero-order valence-corrected chi connectivity index (χ0v) is 8.77. The molecule has 0 aliphatic heterocycles. The molecular formula is C9H17N3O3. The highest BCUT2D eigenvalue weighted by Crippen LogP contribution is 2.25. The van der Waals surface area contributed by atoms with E-state index >= 15 is 0 Å². The quantitative estimate of drug-likeness (QED) is 0.259. The van der Waals surface area contributed by atoms with Crippen LogP contribution in [0.1, 0.15) is 19.3 Å². The Balaban J connectivity index is 2.50. The minimum atomic E-state index is -0.167. The van der Waals surface area contributed by atoms with Gasteiger partial charge in [0, 0.05) is 19.1 Å². The first-order valence-corrected chi connectivity index (χ1v) is 4.94. The van der Waals surface area contributed by atoms with E-state index in [9.17, 15) is 4.79 Å². The number of hydrogen-bond acceptors (Lipinski definition) is 4. The van der Waals surface area contributed by atoms with Crippen LogP contribution in [-0.2, 0) is 9.53 Å². The second-order valence-electron chi connectivity index (χ2n) is 3.67. The van der Waals surface area contributed by atoms with Crippen molar-refractivity contribution in [2.24, 2.45) is 16.8 Å². The predicted octanol–water partition coefficient (Wildman–Crippen LogP) is -0.336. The molecule has 0 bridgehead atoms. The molecule has 15 heavy (non-hydrogen) atoms. The maximum atomic E-state index is 11.3. The fraction of sp³-hybridized carbons (Fsp3) is 0.778. The number of oxime groups is 1. The van der Waals surface area contributed by atoms with Gasteiger partial charge in [0.05, 0.1) is 0 Å². The number of nitrogens with one attached hydrogen (secondary N) is 1. The fourth-order valence-electron chi connectivity index (χ4n) is 1.94. The van der Waals surface area contributed by atoms with E-state index in [1.807, 2.05) is 0 Å². The normalized spacial score (nSPS) is 26.6. The maximum absolute atomic E-state index is 11.3. The van der Waals surface area contributed by atoms with Gasteiger partial charge < -0.3 is 21.0 Å². The van der Waals surface area contributed by atoms with Gasteiger partial charge in [-0.15, -0.1) is 0 Å². The highest BCUT2D eigenvalue weighted by atomic mass is 16.5. The molecule has 2 unspecified atom stereocenters. The van der Waals surface area contributed by atoms with Crippen molar-refractivity contribution in [3.05, 3.63) is 0 Å². The van der Waals surface area contributed by atoms with E-state index in [4.69, 9.17) is 15.7 Å². The third-order valence-corrected chi connectivity index (χ3v) is 2.63. The van der Waals surface area contributed by atoms with Crippen molar-refractivity contribution < 1.29 is 14.7 Å². The van der Waals surface area contributed by atoms with Gasteiger partial charge in [0.2, 0.25) is 5.91 Å². The van der Waals surface area contributed by atoms with Gasteiger partial charge in [-0.1, -0.05) is 11.6 Å². The molecule has 6 heteroatoms. The molecule has 1 amide bonds. The number of nitrogens with two attached hydrogens (primary N) is 1. The molecule has 1 saturated carbocycles. The Morgan fingerprint density at radius 2 is 2.40 bits per heavy atom. The Morgan fingerprint density at radius 3 is 3.00 bits per heavy atom. The zero-order valence-electron chi connectivity index (χ0n) is 8.77. The molecule has 1 fully saturated rings. The molecule has 1 aliphatic carbocycles. The van der Waals surface area contributed by atoms with Crippen LogP contribution in [-0.4, -0.2) is 36.7 Å². The molecule has 4 N–H and O–H groups in total. The van der Waals surface area contributed by atoms with Crippen LogP contribution < -0.4 is 11.1 Å². The number of rotatable bonds is 4. The summed E-state index contributed by atoms with van der Waals surface area (Å²) in [6.45, 7) is 0.0411. The smallest absolute Gasteiger partial charge is 0.246 e. The number of methoxy groups -OCH3 is 1. The number of ether oxygens (including phenoxy) is 1. The van der Waals surface area contributed by atoms with E-state index in [2.05, 4.69) is 10.5 Å². The van der Waals surface area contributed by atoms with Crippen molar-refractivity contribution in [1.29, 1.82) is 0 Å². The highest BCUT2D eigenvalue weighted by Gasteiger charge is 2.31. The molecule has 0 spiro atoms.